The maximum Gasteiger partial charge on any atom is 0.408 e. The second-order valence-electron chi connectivity index (χ2n) is 11.6. The summed E-state index contributed by atoms with van der Waals surface area (Å²) in [5.74, 6) is -0.211. The van der Waals surface area contributed by atoms with Gasteiger partial charge in [0.2, 0.25) is 5.88 Å². The Labute approximate surface area is 229 Å². The average Bonchev–Trinajstić information content (AvgIpc) is 2.88. The first-order valence-corrected chi connectivity index (χ1v) is 13.9. The summed E-state index contributed by atoms with van der Waals surface area (Å²) in [7, 11) is 0. The smallest absolute Gasteiger partial charge is 0.408 e. The number of pyridine rings is 2. The van der Waals surface area contributed by atoms with Crippen molar-refractivity contribution in [2.45, 2.75) is 102 Å². The summed E-state index contributed by atoms with van der Waals surface area (Å²) in [5.41, 5.74) is 0.264. The lowest BCUT2D eigenvalue weighted by molar-refractivity contribution is -0.163. The zero-order valence-electron chi connectivity index (χ0n) is 23.4. The molecule has 2 aliphatic heterocycles. The molecule has 2 aromatic heterocycles. The summed E-state index contributed by atoms with van der Waals surface area (Å²) in [4.78, 5) is 32.6. The molecule has 3 fully saturated rings. The Kier molecular flexibility index (Phi) is 8.93. The van der Waals surface area contributed by atoms with Gasteiger partial charge in [-0.2, -0.15) is 0 Å². The molecule has 39 heavy (non-hydrogen) atoms. The quantitative estimate of drug-likeness (QED) is 0.295. The minimum Gasteiger partial charge on any atom is -0.478 e. The molecular weight excluding hydrogens is 505 g/mol. The molecule has 2 bridgehead atoms. The number of amides is 1. The second-order valence-corrected chi connectivity index (χ2v) is 11.6. The van der Waals surface area contributed by atoms with Gasteiger partial charge in [0.1, 0.15) is 11.4 Å². The molecule has 1 aliphatic carbocycles. The van der Waals surface area contributed by atoms with Gasteiger partial charge in [0.25, 0.3) is 0 Å². The molecule has 0 aromatic carbocycles. The fourth-order valence-electron chi connectivity index (χ4n) is 5.30. The number of carbonyl (C=O) groups is 2. The van der Waals surface area contributed by atoms with Crippen LogP contribution in [0.4, 0.5) is 9.18 Å². The molecule has 1 saturated carbocycles. The predicted octanol–water partition coefficient (Wildman–Crippen LogP) is 5.42. The van der Waals surface area contributed by atoms with E-state index in [-0.39, 0.29) is 11.6 Å². The number of aryl methyl sites for hydroxylation is 1. The standard InChI is InChI=1S/C29H40FN3O6/c1-5-36-24(34)8-6-7-17-37-23-10-9-22-25(32-23)20(21(30)18-31-22)11-12-29-15-13-28(14-16-29,19-38-29)33-26(35)39-27(2,3)4/h9-10,18H,5-8,11-17,19H2,1-4H3,(H,33,35). The van der Waals surface area contributed by atoms with Gasteiger partial charge in [-0.25, -0.2) is 14.2 Å². The highest BCUT2D eigenvalue weighted by atomic mass is 19.1. The van der Waals surface area contributed by atoms with Crippen LogP contribution in [0.25, 0.3) is 11.0 Å². The molecule has 3 aliphatic rings. The molecule has 0 radical (unpaired) electrons. The van der Waals surface area contributed by atoms with Crippen LogP contribution in [0, 0.1) is 5.82 Å². The number of fused-ring (bicyclic) bond motifs is 4. The number of ether oxygens (including phenoxy) is 4. The Hall–Kier alpha value is -3.01. The van der Waals surface area contributed by atoms with Crippen LogP contribution in [0.2, 0.25) is 0 Å². The van der Waals surface area contributed by atoms with E-state index < -0.39 is 23.1 Å². The highest BCUT2D eigenvalue weighted by molar-refractivity contribution is 5.78. The van der Waals surface area contributed by atoms with Gasteiger partial charge in [-0.3, -0.25) is 9.78 Å². The Morgan fingerprint density at radius 2 is 1.92 bits per heavy atom. The van der Waals surface area contributed by atoms with Crippen LogP contribution in [-0.2, 0) is 25.4 Å². The number of nitrogens with zero attached hydrogens (tertiary/aromatic N) is 2. The van der Waals surface area contributed by atoms with Crippen molar-refractivity contribution in [3.05, 3.63) is 29.7 Å². The molecule has 214 valence electrons. The molecule has 0 atom stereocenters. The summed E-state index contributed by atoms with van der Waals surface area (Å²) in [6.07, 6.45) is 6.74. The van der Waals surface area contributed by atoms with Gasteiger partial charge >= 0.3 is 12.1 Å². The Morgan fingerprint density at radius 3 is 2.59 bits per heavy atom. The SMILES string of the molecule is CCOC(=O)CCCCOc1ccc2ncc(F)c(CCC34CCC(NC(=O)OC(C)(C)C)(CC3)CO4)c2n1. The van der Waals surface area contributed by atoms with Gasteiger partial charge < -0.3 is 24.3 Å². The van der Waals surface area contributed by atoms with Crippen LogP contribution in [0.3, 0.4) is 0 Å². The third-order valence-corrected chi connectivity index (χ3v) is 7.44. The summed E-state index contributed by atoms with van der Waals surface area (Å²) < 4.78 is 37.5. The lowest BCUT2D eigenvalue weighted by atomic mass is 9.69. The van der Waals surface area contributed by atoms with Crippen molar-refractivity contribution in [3.8, 4) is 5.88 Å². The molecule has 2 saturated heterocycles. The Bertz CT molecular complexity index is 1160. The van der Waals surface area contributed by atoms with Crippen LogP contribution in [-0.4, -0.2) is 58.6 Å². The topological polar surface area (TPSA) is 109 Å². The number of carbonyl (C=O) groups excluding carboxylic acids is 2. The van der Waals surface area contributed by atoms with E-state index in [1.54, 1.807) is 19.1 Å². The first-order chi connectivity index (χ1) is 18.5. The van der Waals surface area contributed by atoms with Crippen molar-refractivity contribution in [3.63, 3.8) is 0 Å². The molecule has 4 heterocycles. The van der Waals surface area contributed by atoms with Crippen LogP contribution in [0.5, 0.6) is 5.88 Å². The van der Waals surface area contributed by atoms with Gasteiger partial charge in [-0.05, 0) is 85.1 Å². The van der Waals surface area contributed by atoms with Crippen molar-refractivity contribution in [2.24, 2.45) is 0 Å². The summed E-state index contributed by atoms with van der Waals surface area (Å²) in [5, 5.41) is 3.04. The summed E-state index contributed by atoms with van der Waals surface area (Å²) >= 11 is 0. The van der Waals surface area contributed by atoms with E-state index in [0.29, 0.717) is 74.4 Å². The van der Waals surface area contributed by atoms with E-state index in [0.717, 1.165) is 25.7 Å². The summed E-state index contributed by atoms with van der Waals surface area (Å²) in [6.45, 7) is 8.50. The minimum atomic E-state index is -0.560. The van der Waals surface area contributed by atoms with Crippen LogP contribution in [0.15, 0.2) is 18.3 Å². The number of halogens is 1. The number of hydrogen-bond acceptors (Lipinski definition) is 8. The zero-order chi connectivity index (χ0) is 28.1. The molecule has 1 amide bonds. The third kappa shape index (κ3) is 7.56. The third-order valence-electron chi connectivity index (χ3n) is 7.44. The fraction of sp³-hybridized carbons (Fsp3) is 0.655. The molecule has 0 unspecified atom stereocenters. The highest BCUT2D eigenvalue weighted by Gasteiger charge is 2.50. The normalized spacial score (nSPS) is 22.5. The van der Waals surface area contributed by atoms with Gasteiger partial charge in [-0.1, -0.05) is 0 Å². The lowest BCUT2D eigenvalue weighted by Crippen LogP contribution is -2.63. The van der Waals surface area contributed by atoms with E-state index in [2.05, 4.69) is 15.3 Å². The number of hydrogen-bond donors (Lipinski definition) is 1. The maximum absolute atomic E-state index is 15.0. The van der Waals surface area contributed by atoms with Gasteiger partial charge in [0, 0.05) is 18.1 Å². The zero-order valence-corrected chi connectivity index (χ0v) is 23.4. The Morgan fingerprint density at radius 1 is 1.15 bits per heavy atom. The first kappa shape index (κ1) is 29.0. The minimum absolute atomic E-state index is 0.211. The Balaban J connectivity index is 1.35. The predicted molar refractivity (Wildman–Crippen MR) is 143 cm³/mol. The number of nitrogens with one attached hydrogen (secondary N) is 1. The summed E-state index contributed by atoms with van der Waals surface area (Å²) in [6, 6.07) is 3.51. The van der Waals surface area contributed by atoms with Crippen LogP contribution in [0.1, 0.15) is 84.6 Å². The molecular formula is C29H40FN3O6. The van der Waals surface area contributed by atoms with Gasteiger partial charge in [0.15, 0.2) is 0 Å². The second kappa shape index (κ2) is 12.0. The van der Waals surface area contributed by atoms with E-state index in [9.17, 15) is 14.0 Å². The number of esters is 1. The van der Waals surface area contributed by atoms with Gasteiger partial charge in [-0.15, -0.1) is 0 Å². The average molecular weight is 546 g/mol. The number of aromatic nitrogens is 2. The van der Waals surface area contributed by atoms with E-state index in [1.807, 2.05) is 20.8 Å². The largest absolute Gasteiger partial charge is 0.478 e. The van der Waals surface area contributed by atoms with Crippen molar-refractivity contribution in [2.75, 3.05) is 19.8 Å². The molecule has 2 aromatic rings. The van der Waals surface area contributed by atoms with Crippen LogP contribution >= 0.6 is 0 Å². The number of unbranched alkanes of at least 4 members (excludes halogenated alkanes) is 1. The van der Waals surface area contributed by atoms with Crippen molar-refractivity contribution in [1.82, 2.24) is 15.3 Å². The van der Waals surface area contributed by atoms with E-state index in [1.165, 1.54) is 6.20 Å². The lowest BCUT2D eigenvalue weighted by Gasteiger charge is -2.53. The molecule has 9 nitrogen and oxygen atoms in total. The van der Waals surface area contributed by atoms with Crippen LogP contribution < -0.4 is 10.1 Å². The van der Waals surface area contributed by atoms with Crippen molar-refractivity contribution in [1.29, 1.82) is 0 Å². The molecule has 10 heteroatoms. The van der Waals surface area contributed by atoms with Crippen molar-refractivity contribution >= 4 is 23.1 Å². The molecule has 0 spiro atoms. The number of rotatable bonds is 11. The molecule has 1 N–H and O–H groups in total. The van der Waals surface area contributed by atoms with E-state index >= 15 is 0 Å². The van der Waals surface area contributed by atoms with E-state index in [4.69, 9.17) is 18.9 Å². The first-order valence-electron chi connectivity index (χ1n) is 13.9. The highest BCUT2D eigenvalue weighted by Crippen LogP contribution is 2.46. The monoisotopic (exact) mass is 545 g/mol. The maximum atomic E-state index is 15.0. The van der Waals surface area contributed by atoms with Gasteiger partial charge in [0.05, 0.1) is 48.2 Å². The number of alkyl carbamates (subject to hydrolysis) is 1. The molecule has 5 rings (SSSR count). The fourth-order valence-corrected chi connectivity index (χ4v) is 5.30. The van der Waals surface area contributed by atoms with Crippen molar-refractivity contribution < 1.29 is 32.9 Å².